The Morgan fingerprint density at radius 1 is 1.00 bits per heavy atom. The van der Waals surface area contributed by atoms with Gasteiger partial charge in [0.05, 0.1) is 13.2 Å². The van der Waals surface area contributed by atoms with Gasteiger partial charge < -0.3 is 15.5 Å². The average molecular weight is 171 g/mol. The van der Waals surface area contributed by atoms with Crippen molar-refractivity contribution >= 4 is 0 Å². The highest BCUT2D eigenvalue weighted by atomic mass is 16.3. The normalized spacial score (nSPS) is 46.5. The van der Waals surface area contributed by atoms with Crippen LogP contribution in [0.5, 0.6) is 0 Å². The van der Waals surface area contributed by atoms with Crippen LogP contribution >= 0.6 is 0 Å². The van der Waals surface area contributed by atoms with E-state index in [-0.39, 0.29) is 24.0 Å². The molecule has 1 saturated carbocycles. The first kappa shape index (κ1) is 8.48. The lowest BCUT2D eigenvalue weighted by Gasteiger charge is -2.36. The summed E-state index contributed by atoms with van der Waals surface area (Å²) in [5.41, 5.74) is -0.0243. The molecule has 0 unspecified atom stereocenters. The van der Waals surface area contributed by atoms with E-state index in [1.165, 1.54) is 0 Å². The van der Waals surface area contributed by atoms with Crippen molar-refractivity contribution in [3.8, 4) is 0 Å². The van der Waals surface area contributed by atoms with E-state index in [4.69, 9.17) is 0 Å². The van der Waals surface area contributed by atoms with Gasteiger partial charge in [0.25, 0.3) is 0 Å². The summed E-state index contributed by atoms with van der Waals surface area (Å²) < 4.78 is 0. The van der Waals surface area contributed by atoms with Crippen LogP contribution in [0, 0.1) is 10.8 Å². The molecule has 3 nitrogen and oxygen atoms in total. The molecule has 0 spiro atoms. The molecule has 12 heavy (non-hydrogen) atoms. The minimum Gasteiger partial charge on any atom is -0.396 e. The first-order valence-electron chi connectivity index (χ1n) is 4.71. The predicted octanol–water partition coefficient (Wildman–Crippen LogP) is -0.269. The summed E-state index contributed by atoms with van der Waals surface area (Å²) in [5, 5.41) is 22.0. The molecule has 0 amide bonds. The second-order valence-corrected chi connectivity index (χ2v) is 4.33. The van der Waals surface area contributed by atoms with Crippen LogP contribution < -0.4 is 5.32 Å². The molecule has 0 aromatic carbocycles. The Kier molecular flexibility index (Phi) is 1.90. The molecule has 70 valence electrons. The summed E-state index contributed by atoms with van der Waals surface area (Å²) >= 11 is 0. The Labute approximate surface area is 72.8 Å². The molecule has 0 aromatic rings. The zero-order chi connectivity index (χ0) is 8.66. The van der Waals surface area contributed by atoms with Crippen molar-refractivity contribution in [1.29, 1.82) is 0 Å². The highest BCUT2D eigenvalue weighted by Gasteiger charge is 2.56. The number of fused-ring (bicyclic) bond motifs is 1. The third-order valence-corrected chi connectivity index (χ3v) is 3.97. The minimum absolute atomic E-state index is 0.0122. The summed E-state index contributed by atoms with van der Waals surface area (Å²) in [4.78, 5) is 0. The van der Waals surface area contributed by atoms with Crippen LogP contribution in [0.1, 0.15) is 19.3 Å². The van der Waals surface area contributed by atoms with Gasteiger partial charge in [-0.25, -0.2) is 0 Å². The van der Waals surface area contributed by atoms with Crippen molar-refractivity contribution in [1.82, 2.24) is 5.32 Å². The van der Waals surface area contributed by atoms with Crippen molar-refractivity contribution < 1.29 is 10.2 Å². The molecule has 1 saturated heterocycles. The fraction of sp³-hybridized carbons (Fsp3) is 1.00. The first-order chi connectivity index (χ1) is 5.79. The van der Waals surface area contributed by atoms with Gasteiger partial charge in [-0.3, -0.25) is 0 Å². The Morgan fingerprint density at radius 3 is 1.92 bits per heavy atom. The van der Waals surface area contributed by atoms with Crippen molar-refractivity contribution in [3.05, 3.63) is 0 Å². The van der Waals surface area contributed by atoms with E-state index in [0.717, 1.165) is 32.4 Å². The maximum Gasteiger partial charge on any atom is 0.0506 e. The van der Waals surface area contributed by atoms with E-state index in [9.17, 15) is 10.2 Å². The zero-order valence-electron chi connectivity index (χ0n) is 7.34. The highest BCUT2D eigenvalue weighted by Crippen LogP contribution is 2.54. The fourth-order valence-electron chi connectivity index (χ4n) is 2.99. The predicted molar refractivity (Wildman–Crippen MR) is 45.8 cm³/mol. The van der Waals surface area contributed by atoms with Crippen LogP contribution in [0.15, 0.2) is 0 Å². The van der Waals surface area contributed by atoms with Gasteiger partial charge >= 0.3 is 0 Å². The van der Waals surface area contributed by atoms with E-state index < -0.39 is 0 Å². The zero-order valence-corrected chi connectivity index (χ0v) is 7.34. The van der Waals surface area contributed by atoms with Gasteiger partial charge in [0.2, 0.25) is 0 Å². The summed E-state index contributed by atoms with van der Waals surface area (Å²) in [5.74, 6) is 0. The third kappa shape index (κ3) is 0.817. The molecule has 0 radical (unpaired) electrons. The smallest absolute Gasteiger partial charge is 0.0506 e. The van der Waals surface area contributed by atoms with Gasteiger partial charge in [-0.2, -0.15) is 0 Å². The standard InChI is InChI=1S/C9H17NO2/c11-6-8-2-1-3-9(8,7-12)5-10-4-8/h10-12H,1-7H2/t8-,9+. The van der Waals surface area contributed by atoms with Crippen LogP contribution in [0.4, 0.5) is 0 Å². The summed E-state index contributed by atoms with van der Waals surface area (Å²) in [7, 11) is 0. The molecular formula is C9H17NO2. The monoisotopic (exact) mass is 171 g/mol. The van der Waals surface area contributed by atoms with E-state index in [1.54, 1.807) is 0 Å². The second kappa shape index (κ2) is 2.69. The molecule has 2 fully saturated rings. The highest BCUT2D eigenvalue weighted by molar-refractivity contribution is 5.08. The molecule has 1 aliphatic heterocycles. The second-order valence-electron chi connectivity index (χ2n) is 4.33. The number of hydrogen-bond acceptors (Lipinski definition) is 3. The van der Waals surface area contributed by atoms with Gasteiger partial charge in [-0.05, 0) is 12.8 Å². The summed E-state index contributed by atoms with van der Waals surface area (Å²) in [6.45, 7) is 2.20. The maximum atomic E-state index is 9.37. The van der Waals surface area contributed by atoms with E-state index in [0.29, 0.717) is 0 Å². The Bertz CT molecular complexity index is 153. The Morgan fingerprint density at radius 2 is 1.50 bits per heavy atom. The number of nitrogens with one attached hydrogen (secondary N) is 1. The van der Waals surface area contributed by atoms with Crippen LogP contribution in [0.2, 0.25) is 0 Å². The molecule has 0 aromatic heterocycles. The number of hydrogen-bond donors (Lipinski definition) is 3. The van der Waals surface area contributed by atoms with Crippen molar-refractivity contribution in [2.75, 3.05) is 26.3 Å². The molecule has 1 heterocycles. The largest absolute Gasteiger partial charge is 0.396 e. The van der Waals surface area contributed by atoms with Crippen LogP contribution in [-0.2, 0) is 0 Å². The lowest BCUT2D eigenvalue weighted by molar-refractivity contribution is 0.00976. The first-order valence-corrected chi connectivity index (χ1v) is 4.71. The molecule has 2 aliphatic rings. The summed E-state index contributed by atoms with van der Waals surface area (Å²) in [6, 6.07) is 0. The number of aliphatic hydroxyl groups excluding tert-OH is 2. The van der Waals surface area contributed by atoms with Gasteiger partial charge in [0.15, 0.2) is 0 Å². The Hall–Kier alpha value is -0.120. The Balaban J connectivity index is 2.29. The van der Waals surface area contributed by atoms with Gasteiger partial charge in [0.1, 0.15) is 0 Å². The average Bonchev–Trinajstić information content (AvgIpc) is 2.58. The quantitative estimate of drug-likeness (QED) is 0.536. The van der Waals surface area contributed by atoms with Crippen LogP contribution in [-0.4, -0.2) is 36.5 Å². The molecule has 3 N–H and O–H groups in total. The SMILES string of the molecule is OC[C@@]12CCC[C@]1(CO)CNC2. The van der Waals surface area contributed by atoms with E-state index >= 15 is 0 Å². The number of rotatable bonds is 2. The van der Waals surface area contributed by atoms with Crippen molar-refractivity contribution in [3.63, 3.8) is 0 Å². The topological polar surface area (TPSA) is 52.5 Å². The van der Waals surface area contributed by atoms with Gasteiger partial charge in [0, 0.05) is 23.9 Å². The minimum atomic E-state index is -0.0122. The van der Waals surface area contributed by atoms with Gasteiger partial charge in [-0.15, -0.1) is 0 Å². The number of aliphatic hydroxyl groups is 2. The van der Waals surface area contributed by atoms with Crippen molar-refractivity contribution in [2.45, 2.75) is 19.3 Å². The molecular weight excluding hydrogens is 154 g/mol. The van der Waals surface area contributed by atoms with Crippen LogP contribution in [0.25, 0.3) is 0 Å². The van der Waals surface area contributed by atoms with Gasteiger partial charge in [-0.1, -0.05) is 6.42 Å². The lowest BCUT2D eigenvalue weighted by atomic mass is 9.69. The van der Waals surface area contributed by atoms with Crippen LogP contribution in [0.3, 0.4) is 0 Å². The van der Waals surface area contributed by atoms with Crippen molar-refractivity contribution in [2.24, 2.45) is 10.8 Å². The van der Waals surface area contributed by atoms with E-state index in [2.05, 4.69) is 5.32 Å². The molecule has 0 bridgehead atoms. The lowest BCUT2D eigenvalue weighted by Crippen LogP contribution is -2.41. The molecule has 2 rings (SSSR count). The molecule has 1 aliphatic carbocycles. The molecule has 3 heteroatoms. The van der Waals surface area contributed by atoms with E-state index in [1.807, 2.05) is 0 Å². The third-order valence-electron chi connectivity index (χ3n) is 3.97. The molecule has 2 atom stereocenters. The fourth-order valence-corrected chi connectivity index (χ4v) is 2.99. The summed E-state index contributed by atoms with van der Waals surface area (Å²) in [6.07, 6.45) is 3.29. The maximum absolute atomic E-state index is 9.37.